The number of nitrogens with zero attached hydrogens (tertiary/aromatic N) is 3. The molecule has 2 aromatic rings. The molecule has 150 valence electrons. The van der Waals surface area contributed by atoms with Crippen molar-refractivity contribution in [1.82, 2.24) is 14.6 Å². The molecule has 1 aliphatic rings. The summed E-state index contributed by atoms with van der Waals surface area (Å²) in [5.41, 5.74) is 0.365. The van der Waals surface area contributed by atoms with Crippen molar-refractivity contribution in [3.8, 4) is 0 Å². The molecule has 9 heteroatoms. The number of anilines is 1. The van der Waals surface area contributed by atoms with Crippen LogP contribution in [0.1, 0.15) is 24.2 Å². The van der Waals surface area contributed by atoms with Crippen LogP contribution >= 0.6 is 11.6 Å². The number of pyridine rings is 1. The number of rotatable bonds is 5. The van der Waals surface area contributed by atoms with Crippen LogP contribution in [-0.2, 0) is 10.0 Å². The van der Waals surface area contributed by atoms with Gasteiger partial charge in [-0.3, -0.25) is 4.79 Å². The largest absolute Gasteiger partial charge is 0.353 e. The first-order chi connectivity index (χ1) is 13.3. The van der Waals surface area contributed by atoms with E-state index < -0.39 is 10.0 Å². The monoisotopic (exact) mass is 422 g/mol. The Hall–Kier alpha value is -2.16. The zero-order chi connectivity index (χ0) is 20.3. The SMILES string of the molecule is CC(C)NS(=O)(=O)c1cccc(C(=O)N2CCN(c3ccc(Cl)cn3)CC2)c1. The predicted octanol–water partition coefficient (Wildman–Crippen LogP) is 2.38. The Kier molecular flexibility index (Phi) is 6.22. The van der Waals surface area contributed by atoms with Gasteiger partial charge in [-0.25, -0.2) is 18.1 Å². The van der Waals surface area contributed by atoms with Crippen molar-refractivity contribution in [3.05, 3.63) is 53.2 Å². The van der Waals surface area contributed by atoms with Crippen LogP contribution in [0.2, 0.25) is 5.02 Å². The van der Waals surface area contributed by atoms with Crippen LogP contribution in [0.3, 0.4) is 0 Å². The van der Waals surface area contributed by atoms with Crippen LogP contribution in [0.15, 0.2) is 47.5 Å². The van der Waals surface area contributed by atoms with Crippen molar-refractivity contribution >= 4 is 33.3 Å². The number of aromatic nitrogens is 1. The van der Waals surface area contributed by atoms with E-state index in [1.54, 1.807) is 43.1 Å². The summed E-state index contributed by atoms with van der Waals surface area (Å²) in [6.45, 7) is 5.86. The molecule has 1 aromatic heterocycles. The lowest BCUT2D eigenvalue weighted by atomic mass is 10.2. The molecule has 3 rings (SSSR count). The molecule has 0 atom stereocenters. The minimum absolute atomic E-state index is 0.0936. The van der Waals surface area contributed by atoms with Gasteiger partial charge < -0.3 is 9.80 Å². The molecule has 1 N–H and O–H groups in total. The third kappa shape index (κ3) is 4.81. The number of piperazine rings is 1. The Morgan fingerprint density at radius 1 is 1.14 bits per heavy atom. The van der Waals surface area contributed by atoms with Crippen LogP contribution in [0.4, 0.5) is 5.82 Å². The maximum absolute atomic E-state index is 12.8. The molecule has 2 heterocycles. The minimum Gasteiger partial charge on any atom is -0.353 e. The summed E-state index contributed by atoms with van der Waals surface area (Å²) >= 11 is 5.87. The fraction of sp³-hybridized carbons (Fsp3) is 0.368. The van der Waals surface area contributed by atoms with E-state index in [0.29, 0.717) is 36.8 Å². The Labute approximate surface area is 170 Å². The van der Waals surface area contributed by atoms with Crippen molar-refractivity contribution in [2.24, 2.45) is 0 Å². The van der Waals surface area contributed by atoms with E-state index >= 15 is 0 Å². The van der Waals surface area contributed by atoms with Crippen molar-refractivity contribution < 1.29 is 13.2 Å². The van der Waals surface area contributed by atoms with Gasteiger partial charge in [0.1, 0.15) is 5.82 Å². The van der Waals surface area contributed by atoms with Gasteiger partial charge in [0.05, 0.1) is 9.92 Å². The lowest BCUT2D eigenvalue weighted by Crippen LogP contribution is -2.49. The zero-order valence-corrected chi connectivity index (χ0v) is 17.4. The number of halogens is 1. The zero-order valence-electron chi connectivity index (χ0n) is 15.8. The van der Waals surface area contributed by atoms with Gasteiger partial charge in [0.25, 0.3) is 5.91 Å². The predicted molar refractivity (Wildman–Crippen MR) is 109 cm³/mol. The number of amides is 1. The first-order valence-corrected chi connectivity index (χ1v) is 10.9. The highest BCUT2D eigenvalue weighted by atomic mass is 35.5. The Morgan fingerprint density at radius 2 is 1.86 bits per heavy atom. The second-order valence-electron chi connectivity index (χ2n) is 6.92. The van der Waals surface area contributed by atoms with E-state index in [4.69, 9.17) is 11.6 Å². The van der Waals surface area contributed by atoms with Crippen LogP contribution in [0.25, 0.3) is 0 Å². The first-order valence-electron chi connectivity index (χ1n) is 9.04. The Morgan fingerprint density at radius 3 is 2.46 bits per heavy atom. The maximum atomic E-state index is 12.8. The lowest BCUT2D eigenvalue weighted by Gasteiger charge is -2.35. The second kappa shape index (κ2) is 8.46. The molecule has 0 radical (unpaired) electrons. The Bertz CT molecular complexity index is 940. The Balaban J connectivity index is 1.68. The van der Waals surface area contributed by atoms with Gasteiger partial charge in [0.2, 0.25) is 10.0 Å². The highest BCUT2D eigenvalue weighted by Gasteiger charge is 2.24. The summed E-state index contributed by atoms with van der Waals surface area (Å²) in [5.74, 6) is 0.648. The number of carbonyl (C=O) groups excluding carboxylic acids is 1. The standard InChI is InChI=1S/C19H23ClN4O3S/c1-14(2)22-28(26,27)17-5-3-4-15(12-17)19(25)24-10-8-23(9-11-24)18-7-6-16(20)13-21-18/h3-7,12-14,22H,8-11H2,1-2H3. The molecule has 1 aliphatic heterocycles. The van der Waals surface area contributed by atoms with Crippen molar-refractivity contribution in [2.75, 3.05) is 31.1 Å². The summed E-state index contributed by atoms with van der Waals surface area (Å²) in [5, 5.41) is 0.583. The molecule has 1 saturated heterocycles. The van der Waals surface area contributed by atoms with E-state index in [0.717, 1.165) is 5.82 Å². The summed E-state index contributed by atoms with van der Waals surface area (Å²) < 4.78 is 27.3. The van der Waals surface area contributed by atoms with Crippen LogP contribution < -0.4 is 9.62 Å². The molecule has 0 aliphatic carbocycles. The van der Waals surface area contributed by atoms with E-state index in [1.807, 2.05) is 6.07 Å². The maximum Gasteiger partial charge on any atom is 0.254 e. The molecule has 7 nitrogen and oxygen atoms in total. The normalized spacial score (nSPS) is 15.1. The van der Waals surface area contributed by atoms with Crippen molar-refractivity contribution in [3.63, 3.8) is 0 Å². The third-order valence-corrected chi connectivity index (χ3v) is 6.26. The number of sulfonamides is 1. The van der Waals surface area contributed by atoms with Gasteiger partial charge in [0, 0.05) is 44.0 Å². The molecule has 1 aromatic carbocycles. The van der Waals surface area contributed by atoms with E-state index in [1.165, 1.54) is 12.1 Å². The fourth-order valence-electron chi connectivity index (χ4n) is 3.05. The summed E-state index contributed by atoms with van der Waals surface area (Å²) in [4.78, 5) is 21.1. The topological polar surface area (TPSA) is 82.6 Å². The van der Waals surface area contributed by atoms with Crippen molar-refractivity contribution in [2.45, 2.75) is 24.8 Å². The first kappa shape index (κ1) is 20.6. The molecule has 0 unspecified atom stereocenters. The molecule has 28 heavy (non-hydrogen) atoms. The molecule has 1 amide bonds. The van der Waals surface area contributed by atoms with Gasteiger partial charge in [-0.05, 0) is 44.2 Å². The van der Waals surface area contributed by atoms with E-state index in [9.17, 15) is 13.2 Å². The van der Waals surface area contributed by atoms with Crippen LogP contribution in [0, 0.1) is 0 Å². The molecule has 1 fully saturated rings. The molecule has 0 saturated carbocycles. The summed E-state index contributed by atoms with van der Waals surface area (Å²) in [7, 11) is -3.64. The van der Waals surface area contributed by atoms with Crippen LogP contribution in [0.5, 0.6) is 0 Å². The van der Waals surface area contributed by atoms with E-state index in [2.05, 4.69) is 14.6 Å². The third-order valence-electron chi connectivity index (χ3n) is 4.38. The fourth-order valence-corrected chi connectivity index (χ4v) is 4.46. The lowest BCUT2D eigenvalue weighted by molar-refractivity contribution is 0.0746. The van der Waals surface area contributed by atoms with E-state index in [-0.39, 0.29) is 16.8 Å². The molecular weight excluding hydrogens is 400 g/mol. The van der Waals surface area contributed by atoms with Gasteiger partial charge in [-0.1, -0.05) is 17.7 Å². The van der Waals surface area contributed by atoms with Gasteiger partial charge >= 0.3 is 0 Å². The summed E-state index contributed by atoms with van der Waals surface area (Å²) in [6.07, 6.45) is 1.60. The quantitative estimate of drug-likeness (QED) is 0.799. The average molecular weight is 423 g/mol. The molecule has 0 bridgehead atoms. The average Bonchev–Trinajstić information content (AvgIpc) is 2.67. The molecular formula is C19H23ClN4O3S. The highest BCUT2D eigenvalue weighted by Crippen LogP contribution is 2.18. The van der Waals surface area contributed by atoms with Gasteiger partial charge in [0.15, 0.2) is 0 Å². The number of benzene rings is 1. The number of hydrogen-bond acceptors (Lipinski definition) is 5. The minimum atomic E-state index is -3.64. The van der Waals surface area contributed by atoms with Gasteiger partial charge in [-0.2, -0.15) is 0 Å². The highest BCUT2D eigenvalue weighted by molar-refractivity contribution is 7.89. The van der Waals surface area contributed by atoms with Gasteiger partial charge in [-0.15, -0.1) is 0 Å². The number of hydrogen-bond donors (Lipinski definition) is 1. The second-order valence-corrected chi connectivity index (χ2v) is 9.07. The number of carbonyl (C=O) groups is 1. The summed E-state index contributed by atoms with van der Waals surface area (Å²) in [6, 6.07) is 9.58. The number of nitrogens with one attached hydrogen (secondary N) is 1. The smallest absolute Gasteiger partial charge is 0.254 e. The molecule has 0 spiro atoms. The van der Waals surface area contributed by atoms with Crippen LogP contribution in [-0.4, -0.2) is 56.4 Å². The van der Waals surface area contributed by atoms with Crippen molar-refractivity contribution in [1.29, 1.82) is 0 Å².